The maximum atomic E-state index is 12.5. The Bertz CT molecular complexity index is 685. The first-order valence-electron chi connectivity index (χ1n) is 7.94. The predicted octanol–water partition coefficient (Wildman–Crippen LogP) is 1.43. The summed E-state index contributed by atoms with van der Waals surface area (Å²) in [5.41, 5.74) is 4.04. The number of aryl methyl sites for hydroxylation is 1. The highest BCUT2D eigenvalue weighted by Gasteiger charge is 2.62. The summed E-state index contributed by atoms with van der Waals surface area (Å²) in [6.45, 7) is 3.95. The second-order valence-corrected chi connectivity index (χ2v) is 7.42. The summed E-state index contributed by atoms with van der Waals surface area (Å²) in [5, 5.41) is 2.71. The van der Waals surface area contributed by atoms with Gasteiger partial charge in [-0.2, -0.15) is 5.01 Å². The molecule has 0 radical (unpaired) electrons. The predicted molar refractivity (Wildman–Crippen MR) is 82.6 cm³/mol. The number of hydrogen-bond donors (Lipinski definition) is 1. The first kappa shape index (κ1) is 14.8. The van der Waals surface area contributed by atoms with Crippen LogP contribution in [0.3, 0.4) is 0 Å². The fourth-order valence-electron chi connectivity index (χ4n) is 4.09. The molecule has 4 atom stereocenters. The van der Waals surface area contributed by atoms with Crippen LogP contribution in [0.25, 0.3) is 0 Å². The molecule has 2 bridgehead atoms. The van der Waals surface area contributed by atoms with Gasteiger partial charge in [-0.15, -0.1) is 11.3 Å². The van der Waals surface area contributed by atoms with E-state index in [2.05, 4.69) is 5.43 Å². The molecule has 4 rings (SSSR count). The highest BCUT2D eigenvalue weighted by molar-refractivity contribution is 7.10. The van der Waals surface area contributed by atoms with Gasteiger partial charge in [-0.25, -0.2) is 0 Å². The lowest BCUT2D eigenvalue weighted by molar-refractivity contribution is -0.145. The SMILES string of the molecule is CCc1c(C(=O)NN2C(=O)[C@@H]3[C@H](C2=O)[C@@H]2CC[C@@H]3O2)csc1C. The number of ether oxygens (including phenoxy) is 1. The van der Waals surface area contributed by atoms with E-state index in [4.69, 9.17) is 4.74 Å². The fraction of sp³-hybridized carbons (Fsp3) is 0.562. The summed E-state index contributed by atoms with van der Waals surface area (Å²) in [5.74, 6) is -1.88. The molecule has 0 aliphatic carbocycles. The summed E-state index contributed by atoms with van der Waals surface area (Å²) in [7, 11) is 0. The van der Waals surface area contributed by atoms with E-state index in [9.17, 15) is 14.4 Å². The molecule has 122 valence electrons. The van der Waals surface area contributed by atoms with Crippen molar-refractivity contribution >= 4 is 29.1 Å². The minimum atomic E-state index is -0.420. The van der Waals surface area contributed by atoms with E-state index in [1.807, 2.05) is 13.8 Å². The molecule has 1 aromatic rings. The van der Waals surface area contributed by atoms with E-state index in [1.165, 1.54) is 11.3 Å². The molecule has 4 heterocycles. The standard InChI is InChI=1S/C16H18N2O4S/c1-3-8-7(2)23-6-9(8)14(19)17-18-15(20)12-10-4-5-11(22-10)13(12)16(18)21/h6,10-13H,3-5H2,1-2H3,(H,17,19)/t10-,11-,12-,13+/m0/s1. The molecule has 3 fully saturated rings. The zero-order valence-electron chi connectivity index (χ0n) is 13.0. The Hall–Kier alpha value is -1.73. The molecule has 0 saturated carbocycles. The number of hydrazine groups is 1. The average molecular weight is 334 g/mol. The van der Waals surface area contributed by atoms with Gasteiger partial charge in [0.15, 0.2) is 0 Å². The van der Waals surface area contributed by atoms with Gasteiger partial charge in [0.2, 0.25) is 0 Å². The Morgan fingerprint density at radius 1 is 1.30 bits per heavy atom. The third-order valence-corrected chi connectivity index (χ3v) is 6.15. The van der Waals surface area contributed by atoms with Crippen LogP contribution < -0.4 is 5.43 Å². The van der Waals surface area contributed by atoms with Gasteiger partial charge in [-0.3, -0.25) is 19.8 Å². The lowest BCUT2D eigenvalue weighted by Gasteiger charge is -2.18. The Morgan fingerprint density at radius 3 is 2.48 bits per heavy atom. The molecule has 0 unspecified atom stereocenters. The van der Waals surface area contributed by atoms with Crippen LogP contribution in [0.5, 0.6) is 0 Å². The maximum Gasteiger partial charge on any atom is 0.271 e. The molecule has 3 aliphatic rings. The second-order valence-electron chi connectivity index (χ2n) is 6.33. The number of carbonyl (C=O) groups excluding carboxylic acids is 3. The maximum absolute atomic E-state index is 12.5. The lowest BCUT2D eigenvalue weighted by atomic mass is 9.81. The minimum absolute atomic E-state index is 0.169. The van der Waals surface area contributed by atoms with E-state index in [0.29, 0.717) is 5.56 Å². The van der Waals surface area contributed by atoms with E-state index >= 15 is 0 Å². The van der Waals surface area contributed by atoms with Crippen molar-refractivity contribution in [1.82, 2.24) is 10.4 Å². The monoisotopic (exact) mass is 334 g/mol. The van der Waals surface area contributed by atoms with Crippen molar-refractivity contribution in [2.24, 2.45) is 11.8 Å². The molecule has 0 aromatic carbocycles. The zero-order chi connectivity index (χ0) is 16.3. The van der Waals surface area contributed by atoms with Crippen LogP contribution in [0.2, 0.25) is 0 Å². The van der Waals surface area contributed by atoms with Gasteiger partial charge in [0, 0.05) is 10.3 Å². The minimum Gasteiger partial charge on any atom is -0.373 e. The molecular formula is C16H18N2O4S. The summed E-state index contributed by atoms with van der Waals surface area (Å²) in [4.78, 5) is 38.6. The Balaban J connectivity index is 1.56. The number of rotatable bonds is 3. The highest BCUT2D eigenvalue weighted by atomic mass is 32.1. The summed E-state index contributed by atoms with van der Waals surface area (Å²) in [6.07, 6.45) is 2.03. The topological polar surface area (TPSA) is 75.7 Å². The Labute approximate surface area is 137 Å². The number of nitrogens with one attached hydrogen (secondary N) is 1. The van der Waals surface area contributed by atoms with Gasteiger partial charge in [-0.05, 0) is 31.7 Å². The molecule has 3 aliphatic heterocycles. The Morgan fingerprint density at radius 2 is 1.91 bits per heavy atom. The largest absolute Gasteiger partial charge is 0.373 e. The van der Waals surface area contributed by atoms with Crippen molar-refractivity contribution < 1.29 is 19.1 Å². The van der Waals surface area contributed by atoms with Gasteiger partial charge in [0.1, 0.15) is 0 Å². The van der Waals surface area contributed by atoms with Crippen molar-refractivity contribution in [2.75, 3.05) is 0 Å². The van der Waals surface area contributed by atoms with Crippen LogP contribution in [-0.2, 0) is 20.7 Å². The van der Waals surface area contributed by atoms with Crippen molar-refractivity contribution in [1.29, 1.82) is 0 Å². The Kier molecular flexibility index (Phi) is 3.32. The first-order valence-corrected chi connectivity index (χ1v) is 8.82. The van der Waals surface area contributed by atoms with Gasteiger partial charge < -0.3 is 4.74 Å². The molecule has 3 amide bonds. The number of nitrogens with zero attached hydrogens (tertiary/aromatic N) is 1. The molecule has 3 saturated heterocycles. The highest BCUT2D eigenvalue weighted by Crippen LogP contribution is 2.48. The zero-order valence-corrected chi connectivity index (χ0v) is 13.8. The van der Waals surface area contributed by atoms with Crippen LogP contribution in [0, 0.1) is 18.8 Å². The number of amides is 3. The number of thiophene rings is 1. The summed E-state index contributed by atoms with van der Waals surface area (Å²) < 4.78 is 5.68. The van der Waals surface area contributed by atoms with Gasteiger partial charge in [-0.1, -0.05) is 6.92 Å². The fourth-order valence-corrected chi connectivity index (χ4v) is 5.03. The quantitative estimate of drug-likeness (QED) is 0.849. The second kappa shape index (κ2) is 5.14. The first-order chi connectivity index (χ1) is 11.0. The van der Waals surface area contributed by atoms with E-state index in [0.717, 1.165) is 34.7 Å². The molecule has 1 aromatic heterocycles. The van der Waals surface area contributed by atoms with Crippen LogP contribution in [-0.4, -0.2) is 34.9 Å². The van der Waals surface area contributed by atoms with Gasteiger partial charge >= 0.3 is 0 Å². The van der Waals surface area contributed by atoms with Crippen molar-refractivity contribution in [2.45, 2.75) is 45.3 Å². The van der Waals surface area contributed by atoms with Crippen LogP contribution in [0.15, 0.2) is 5.38 Å². The van der Waals surface area contributed by atoms with Crippen LogP contribution >= 0.6 is 11.3 Å². The van der Waals surface area contributed by atoms with E-state index < -0.39 is 11.8 Å². The van der Waals surface area contributed by atoms with Crippen LogP contribution in [0.4, 0.5) is 0 Å². The van der Waals surface area contributed by atoms with Gasteiger partial charge in [0.05, 0.1) is 29.6 Å². The number of carbonyl (C=O) groups is 3. The van der Waals surface area contributed by atoms with Crippen molar-refractivity contribution in [3.8, 4) is 0 Å². The number of imide groups is 1. The van der Waals surface area contributed by atoms with Gasteiger partial charge in [0.25, 0.3) is 17.7 Å². The smallest absolute Gasteiger partial charge is 0.271 e. The third-order valence-electron chi connectivity index (χ3n) is 5.20. The van der Waals surface area contributed by atoms with E-state index in [1.54, 1.807) is 5.38 Å². The van der Waals surface area contributed by atoms with Crippen molar-refractivity contribution in [3.05, 3.63) is 21.4 Å². The summed E-state index contributed by atoms with van der Waals surface area (Å²) >= 11 is 1.50. The molecule has 23 heavy (non-hydrogen) atoms. The number of hydrogen-bond acceptors (Lipinski definition) is 5. The molecular weight excluding hydrogens is 316 g/mol. The third kappa shape index (κ3) is 1.99. The van der Waals surface area contributed by atoms with Crippen LogP contribution in [0.1, 0.15) is 40.6 Å². The molecule has 0 spiro atoms. The molecule has 6 nitrogen and oxygen atoms in total. The van der Waals surface area contributed by atoms with Crippen molar-refractivity contribution in [3.63, 3.8) is 0 Å². The summed E-state index contributed by atoms with van der Waals surface area (Å²) in [6, 6.07) is 0. The normalized spacial score (nSPS) is 31.8. The average Bonchev–Trinajstić information content (AvgIpc) is 3.27. The molecule has 1 N–H and O–H groups in total. The lowest BCUT2D eigenvalue weighted by Crippen LogP contribution is -2.48. The molecule has 7 heteroatoms. The number of fused-ring (bicyclic) bond motifs is 5. The van der Waals surface area contributed by atoms with E-state index in [-0.39, 0.29) is 29.9 Å².